The molecule has 0 N–H and O–H groups in total. The lowest BCUT2D eigenvalue weighted by Crippen LogP contribution is -2.30. The molecular weight excluding hydrogens is 306 g/mol. The molecule has 0 spiro atoms. The molecule has 21 heavy (non-hydrogen) atoms. The number of aryl methyl sites for hydroxylation is 1. The normalized spacial score (nSPS) is 26.2. The maximum atomic E-state index is 13.0. The fourth-order valence-corrected chi connectivity index (χ4v) is 5.81. The van der Waals surface area contributed by atoms with E-state index >= 15 is 0 Å². The van der Waals surface area contributed by atoms with Crippen LogP contribution in [0.3, 0.4) is 0 Å². The Balaban J connectivity index is 1.94. The van der Waals surface area contributed by atoms with Crippen LogP contribution in [0.15, 0.2) is 23.1 Å². The molecule has 116 valence electrons. The van der Waals surface area contributed by atoms with Gasteiger partial charge in [0.1, 0.15) is 0 Å². The third-order valence-corrected chi connectivity index (χ3v) is 7.20. The van der Waals surface area contributed by atoms with Gasteiger partial charge in [-0.25, -0.2) is 8.42 Å². The first-order valence-corrected chi connectivity index (χ1v) is 9.71. The second-order valence-electron chi connectivity index (χ2n) is 6.20. The van der Waals surface area contributed by atoms with Gasteiger partial charge in [0.25, 0.3) is 0 Å². The van der Waals surface area contributed by atoms with E-state index in [0.29, 0.717) is 35.7 Å². The Morgan fingerprint density at radius 1 is 1.24 bits per heavy atom. The zero-order chi connectivity index (χ0) is 15.0. The Labute approximate surface area is 132 Å². The van der Waals surface area contributed by atoms with Crippen LogP contribution in [0.4, 0.5) is 0 Å². The van der Waals surface area contributed by atoms with E-state index in [1.165, 1.54) is 19.3 Å². The second-order valence-corrected chi connectivity index (χ2v) is 8.38. The fraction of sp³-hybridized carbons (Fsp3) is 0.625. The lowest BCUT2D eigenvalue weighted by atomic mass is 10.0. The zero-order valence-corrected chi connectivity index (χ0v) is 14.0. The van der Waals surface area contributed by atoms with Gasteiger partial charge in [-0.15, -0.1) is 11.6 Å². The van der Waals surface area contributed by atoms with Gasteiger partial charge >= 0.3 is 0 Å². The quantitative estimate of drug-likeness (QED) is 0.795. The standard InChI is InChI=1S/C16H22ClNO2S/c1-2-13-7-6-12(9-17)8-16(13)21(19,20)18-10-14-4-3-5-15(14)11-18/h6-8,14-15H,2-5,9-11H2,1H3. The summed E-state index contributed by atoms with van der Waals surface area (Å²) in [7, 11) is -3.38. The highest BCUT2D eigenvalue weighted by molar-refractivity contribution is 7.89. The summed E-state index contributed by atoms with van der Waals surface area (Å²) in [6.07, 6.45) is 4.33. The number of benzene rings is 1. The molecule has 2 unspecified atom stereocenters. The summed E-state index contributed by atoms with van der Waals surface area (Å²) in [6.45, 7) is 3.38. The first kappa shape index (κ1) is 15.3. The number of hydrogen-bond donors (Lipinski definition) is 0. The first-order chi connectivity index (χ1) is 10.1. The van der Waals surface area contributed by atoms with Crippen molar-refractivity contribution in [2.24, 2.45) is 11.8 Å². The van der Waals surface area contributed by atoms with Crippen LogP contribution in [0.5, 0.6) is 0 Å². The van der Waals surface area contributed by atoms with E-state index in [4.69, 9.17) is 11.6 Å². The minimum absolute atomic E-state index is 0.345. The van der Waals surface area contributed by atoms with Gasteiger partial charge in [-0.2, -0.15) is 4.31 Å². The van der Waals surface area contributed by atoms with Crippen molar-refractivity contribution >= 4 is 21.6 Å². The number of alkyl halides is 1. The van der Waals surface area contributed by atoms with Gasteiger partial charge in [0.2, 0.25) is 10.0 Å². The van der Waals surface area contributed by atoms with Gasteiger partial charge in [-0.05, 0) is 48.3 Å². The molecule has 1 saturated carbocycles. The molecule has 0 bridgehead atoms. The number of sulfonamides is 1. The van der Waals surface area contributed by atoms with Crippen LogP contribution < -0.4 is 0 Å². The lowest BCUT2D eigenvalue weighted by Gasteiger charge is -2.20. The average Bonchev–Trinajstić information content (AvgIpc) is 3.08. The molecule has 2 fully saturated rings. The molecule has 1 aliphatic heterocycles. The Bertz CT molecular complexity index is 617. The van der Waals surface area contributed by atoms with E-state index in [1.807, 2.05) is 19.1 Å². The van der Waals surface area contributed by atoms with Crippen molar-refractivity contribution in [2.75, 3.05) is 13.1 Å². The van der Waals surface area contributed by atoms with Gasteiger partial charge in [0, 0.05) is 19.0 Å². The third kappa shape index (κ3) is 2.73. The largest absolute Gasteiger partial charge is 0.243 e. The van der Waals surface area contributed by atoms with Crippen molar-refractivity contribution in [3.63, 3.8) is 0 Å². The Kier molecular flexibility index (Phi) is 4.30. The molecule has 1 aliphatic carbocycles. The molecule has 1 aromatic rings. The maximum absolute atomic E-state index is 13.0. The number of rotatable bonds is 4. The molecule has 5 heteroatoms. The van der Waals surface area contributed by atoms with E-state index in [9.17, 15) is 8.42 Å². The summed E-state index contributed by atoms with van der Waals surface area (Å²) in [5, 5.41) is 0. The first-order valence-electron chi connectivity index (χ1n) is 7.74. The smallest absolute Gasteiger partial charge is 0.207 e. The predicted octanol–water partition coefficient (Wildman–Crippen LogP) is 3.41. The number of fused-ring (bicyclic) bond motifs is 1. The minimum atomic E-state index is -3.38. The topological polar surface area (TPSA) is 37.4 Å². The monoisotopic (exact) mass is 327 g/mol. The van der Waals surface area contributed by atoms with Crippen LogP contribution in [0.25, 0.3) is 0 Å². The number of halogens is 1. The van der Waals surface area contributed by atoms with Gasteiger partial charge < -0.3 is 0 Å². The Morgan fingerprint density at radius 3 is 2.48 bits per heavy atom. The van der Waals surface area contributed by atoms with E-state index in [-0.39, 0.29) is 0 Å². The Hall–Kier alpha value is -0.580. The van der Waals surface area contributed by atoms with Crippen LogP contribution in [-0.2, 0) is 22.3 Å². The summed E-state index contributed by atoms with van der Waals surface area (Å²) in [5.41, 5.74) is 1.76. The maximum Gasteiger partial charge on any atom is 0.243 e. The van der Waals surface area contributed by atoms with E-state index in [1.54, 1.807) is 10.4 Å². The molecule has 3 rings (SSSR count). The summed E-state index contributed by atoms with van der Waals surface area (Å²) >= 11 is 5.87. The Morgan fingerprint density at radius 2 is 1.90 bits per heavy atom. The summed E-state index contributed by atoms with van der Waals surface area (Å²) in [6, 6.07) is 5.58. The van der Waals surface area contributed by atoms with Gasteiger partial charge in [0.05, 0.1) is 4.90 Å². The van der Waals surface area contributed by atoms with Gasteiger partial charge in [0.15, 0.2) is 0 Å². The molecule has 2 aliphatic rings. The molecule has 3 nitrogen and oxygen atoms in total. The predicted molar refractivity (Wildman–Crippen MR) is 85.0 cm³/mol. The highest BCUT2D eigenvalue weighted by Crippen LogP contribution is 2.40. The summed E-state index contributed by atoms with van der Waals surface area (Å²) in [5.74, 6) is 1.49. The SMILES string of the molecule is CCc1ccc(CCl)cc1S(=O)(=O)N1CC2CCCC2C1. The molecule has 0 radical (unpaired) electrons. The summed E-state index contributed by atoms with van der Waals surface area (Å²) < 4.78 is 27.7. The van der Waals surface area contributed by atoms with Crippen molar-refractivity contribution in [2.45, 2.75) is 43.4 Å². The molecule has 1 heterocycles. The third-order valence-electron chi connectivity index (χ3n) is 4.98. The molecule has 1 saturated heterocycles. The second kappa shape index (κ2) is 5.90. The number of hydrogen-bond acceptors (Lipinski definition) is 2. The van der Waals surface area contributed by atoms with Crippen molar-refractivity contribution in [1.29, 1.82) is 0 Å². The minimum Gasteiger partial charge on any atom is -0.207 e. The van der Waals surface area contributed by atoms with E-state index in [2.05, 4.69) is 0 Å². The van der Waals surface area contributed by atoms with Crippen LogP contribution in [0.2, 0.25) is 0 Å². The molecule has 1 aromatic carbocycles. The average molecular weight is 328 g/mol. The molecule has 0 amide bonds. The highest BCUT2D eigenvalue weighted by Gasteiger charge is 2.41. The molecule has 0 aromatic heterocycles. The van der Waals surface area contributed by atoms with Crippen molar-refractivity contribution in [1.82, 2.24) is 4.31 Å². The van der Waals surface area contributed by atoms with Gasteiger partial charge in [-0.3, -0.25) is 0 Å². The fourth-order valence-electron chi connectivity index (χ4n) is 3.74. The van der Waals surface area contributed by atoms with Crippen molar-refractivity contribution in [3.8, 4) is 0 Å². The van der Waals surface area contributed by atoms with Crippen molar-refractivity contribution in [3.05, 3.63) is 29.3 Å². The van der Waals surface area contributed by atoms with Crippen LogP contribution in [0, 0.1) is 11.8 Å². The van der Waals surface area contributed by atoms with Gasteiger partial charge in [-0.1, -0.05) is 25.5 Å². The van der Waals surface area contributed by atoms with Crippen LogP contribution >= 0.6 is 11.6 Å². The highest BCUT2D eigenvalue weighted by atomic mass is 35.5. The van der Waals surface area contributed by atoms with Crippen LogP contribution in [0.1, 0.15) is 37.3 Å². The van der Waals surface area contributed by atoms with Crippen molar-refractivity contribution < 1.29 is 8.42 Å². The van der Waals surface area contributed by atoms with E-state index in [0.717, 1.165) is 17.5 Å². The summed E-state index contributed by atoms with van der Waals surface area (Å²) in [4.78, 5) is 0.461. The molecule has 2 atom stereocenters. The van der Waals surface area contributed by atoms with Crippen LogP contribution in [-0.4, -0.2) is 25.8 Å². The zero-order valence-electron chi connectivity index (χ0n) is 12.4. The number of nitrogens with zero attached hydrogens (tertiary/aromatic N) is 1. The lowest BCUT2D eigenvalue weighted by molar-refractivity contribution is 0.445. The molecular formula is C16H22ClNO2S. The van der Waals surface area contributed by atoms with E-state index < -0.39 is 10.0 Å².